The molecule has 0 saturated carbocycles. The monoisotopic (exact) mass is 1420 g/mol. The van der Waals surface area contributed by atoms with Gasteiger partial charge in [0.2, 0.25) is 0 Å². The molecule has 5 atom stereocenters. The van der Waals surface area contributed by atoms with Crippen molar-refractivity contribution < 1.29 is 80.2 Å². The van der Waals surface area contributed by atoms with Gasteiger partial charge in [-0.2, -0.15) is 0 Å². The minimum Gasteiger partial charge on any atom is -0.462 e. The highest BCUT2D eigenvalue weighted by atomic mass is 31.2. The zero-order valence-electron chi connectivity index (χ0n) is 63.2. The van der Waals surface area contributed by atoms with Crippen molar-refractivity contribution in [3.05, 3.63) is 0 Å². The summed E-state index contributed by atoms with van der Waals surface area (Å²) in [4.78, 5) is 72.8. The lowest BCUT2D eigenvalue weighted by molar-refractivity contribution is -0.161. The quantitative estimate of drug-likeness (QED) is 0.0222. The predicted octanol–water partition coefficient (Wildman–Crippen LogP) is 23.3. The first-order chi connectivity index (χ1) is 47.0. The summed E-state index contributed by atoms with van der Waals surface area (Å²) in [6, 6.07) is 0. The van der Waals surface area contributed by atoms with Crippen molar-refractivity contribution in [2.24, 2.45) is 5.92 Å². The van der Waals surface area contributed by atoms with Crippen LogP contribution in [0.25, 0.3) is 0 Å². The Bertz CT molecular complexity index is 1860. The highest BCUT2D eigenvalue weighted by molar-refractivity contribution is 7.47. The lowest BCUT2D eigenvalue weighted by Crippen LogP contribution is -2.30. The molecule has 0 aliphatic carbocycles. The van der Waals surface area contributed by atoms with Crippen molar-refractivity contribution in [3.8, 4) is 0 Å². The van der Waals surface area contributed by atoms with Gasteiger partial charge in [-0.05, 0) is 31.6 Å². The number of aliphatic hydroxyl groups is 1. The first kappa shape index (κ1) is 95.1. The molecule has 0 aromatic carbocycles. The normalized spacial score (nSPS) is 13.9. The molecular weight excluding hydrogens is 1270 g/mol. The van der Waals surface area contributed by atoms with Crippen molar-refractivity contribution >= 4 is 39.5 Å². The van der Waals surface area contributed by atoms with Crippen molar-refractivity contribution in [2.45, 2.75) is 432 Å². The van der Waals surface area contributed by atoms with Crippen molar-refractivity contribution in [2.75, 3.05) is 39.6 Å². The first-order valence-electron chi connectivity index (χ1n) is 40.6. The lowest BCUT2D eigenvalue weighted by atomic mass is 10.0. The van der Waals surface area contributed by atoms with Crippen molar-refractivity contribution in [3.63, 3.8) is 0 Å². The van der Waals surface area contributed by atoms with Crippen LogP contribution in [0.15, 0.2) is 0 Å². The summed E-state index contributed by atoms with van der Waals surface area (Å²) in [7, 11) is -9.91. The van der Waals surface area contributed by atoms with Crippen LogP contribution < -0.4 is 0 Å². The second-order valence-electron chi connectivity index (χ2n) is 28.6. The fourth-order valence-corrected chi connectivity index (χ4v) is 13.6. The van der Waals surface area contributed by atoms with Crippen LogP contribution in [0, 0.1) is 5.92 Å². The Morgan fingerprint density at radius 3 is 0.701 bits per heavy atom. The van der Waals surface area contributed by atoms with Crippen LogP contribution in [0.4, 0.5) is 0 Å². The summed E-state index contributed by atoms with van der Waals surface area (Å²) >= 11 is 0. The second kappa shape index (κ2) is 71.1. The number of carbonyl (C=O) groups is 4. The first-order valence-corrected chi connectivity index (χ1v) is 43.6. The zero-order valence-corrected chi connectivity index (χ0v) is 65.0. The maximum Gasteiger partial charge on any atom is 0.472 e. The number of carbonyl (C=O) groups excluding carboxylic acids is 4. The van der Waals surface area contributed by atoms with Crippen LogP contribution in [-0.4, -0.2) is 96.7 Å². The molecule has 0 aromatic rings. The van der Waals surface area contributed by atoms with E-state index in [2.05, 4.69) is 34.6 Å². The van der Waals surface area contributed by atoms with E-state index in [9.17, 15) is 43.2 Å². The van der Waals surface area contributed by atoms with Gasteiger partial charge < -0.3 is 33.8 Å². The largest absolute Gasteiger partial charge is 0.472 e. The molecule has 0 heterocycles. The number of esters is 4. The Morgan fingerprint density at radius 1 is 0.278 bits per heavy atom. The molecule has 0 fully saturated rings. The van der Waals surface area contributed by atoms with Crippen molar-refractivity contribution in [1.29, 1.82) is 0 Å². The fraction of sp³-hybridized carbons (Fsp3) is 0.949. The second-order valence-corrected chi connectivity index (χ2v) is 31.5. The molecule has 17 nitrogen and oxygen atoms in total. The number of aliphatic hydroxyl groups excluding tert-OH is 1. The van der Waals surface area contributed by atoms with Crippen LogP contribution in [0.1, 0.15) is 413 Å². The van der Waals surface area contributed by atoms with Gasteiger partial charge in [-0.3, -0.25) is 37.3 Å². The Labute approximate surface area is 594 Å². The minimum atomic E-state index is -4.96. The predicted molar refractivity (Wildman–Crippen MR) is 395 cm³/mol. The molecule has 0 aromatic heterocycles. The third-order valence-electron chi connectivity index (χ3n) is 18.3. The van der Waals surface area contributed by atoms with Crippen LogP contribution in [0.3, 0.4) is 0 Å². The molecule has 0 radical (unpaired) electrons. The van der Waals surface area contributed by atoms with Gasteiger partial charge in [0, 0.05) is 25.7 Å². The number of phosphoric acid groups is 2. The number of rotatable bonds is 78. The van der Waals surface area contributed by atoms with E-state index >= 15 is 0 Å². The molecule has 0 aliphatic rings. The molecule has 0 amide bonds. The molecule has 576 valence electrons. The highest BCUT2D eigenvalue weighted by Crippen LogP contribution is 2.45. The number of ether oxygens (including phenoxy) is 4. The molecular formula is C78H152O17P2. The van der Waals surface area contributed by atoms with Gasteiger partial charge in [-0.1, -0.05) is 362 Å². The SMILES string of the molecule is CCCCCCCCCCCCCCCCCCCCCCC(=O)O[C@H](COC(=O)CCCCCCCCCCCCCCCCC(C)C)COP(=O)(O)OC[C@@H](O)COP(=O)(O)OC[C@@H](COC(=O)CCCCCCCCCCCC)OC(=O)CCCCCCCCCCCC. The number of unbranched alkanes of at least 4 members (excludes halogenated alkanes) is 50. The maximum atomic E-state index is 13.1. The van der Waals surface area contributed by atoms with Crippen LogP contribution >= 0.6 is 15.6 Å². The summed E-state index contributed by atoms with van der Waals surface area (Å²) in [5.41, 5.74) is 0. The van der Waals surface area contributed by atoms with Gasteiger partial charge in [0.05, 0.1) is 26.4 Å². The topological polar surface area (TPSA) is 237 Å². The summed E-state index contributed by atoms with van der Waals surface area (Å²) in [6.07, 6.45) is 61.1. The average molecular weight is 1420 g/mol. The molecule has 0 aliphatic heterocycles. The summed E-state index contributed by atoms with van der Waals surface area (Å²) in [6.45, 7) is 7.31. The van der Waals surface area contributed by atoms with E-state index in [-0.39, 0.29) is 25.7 Å². The van der Waals surface area contributed by atoms with Crippen LogP contribution in [-0.2, 0) is 65.4 Å². The lowest BCUT2D eigenvalue weighted by Gasteiger charge is -2.21. The van der Waals surface area contributed by atoms with Gasteiger partial charge in [0.1, 0.15) is 19.3 Å². The molecule has 0 rings (SSSR count). The molecule has 2 unspecified atom stereocenters. The van der Waals surface area contributed by atoms with E-state index in [0.717, 1.165) is 95.8 Å². The molecule has 3 N–H and O–H groups in total. The Kier molecular flexibility index (Phi) is 69.6. The number of hydrogen-bond acceptors (Lipinski definition) is 15. The summed E-state index contributed by atoms with van der Waals surface area (Å²) < 4.78 is 68.5. The molecule has 0 bridgehead atoms. The van der Waals surface area contributed by atoms with Gasteiger partial charge >= 0.3 is 39.5 Å². The van der Waals surface area contributed by atoms with E-state index in [0.29, 0.717) is 25.7 Å². The van der Waals surface area contributed by atoms with E-state index in [4.69, 9.17) is 37.0 Å². The van der Waals surface area contributed by atoms with Crippen LogP contribution in [0.5, 0.6) is 0 Å². The Balaban J connectivity index is 5.20. The molecule has 97 heavy (non-hydrogen) atoms. The van der Waals surface area contributed by atoms with Gasteiger partial charge in [-0.25, -0.2) is 9.13 Å². The number of hydrogen-bond donors (Lipinski definition) is 3. The van der Waals surface area contributed by atoms with E-state index < -0.39 is 97.5 Å². The molecule has 0 spiro atoms. The van der Waals surface area contributed by atoms with Crippen LogP contribution in [0.2, 0.25) is 0 Å². The summed E-state index contributed by atoms with van der Waals surface area (Å²) in [5, 5.41) is 10.6. The third kappa shape index (κ3) is 72.2. The van der Waals surface area contributed by atoms with E-state index in [1.807, 2.05) is 0 Å². The fourth-order valence-electron chi connectivity index (χ4n) is 12.1. The third-order valence-corrected chi connectivity index (χ3v) is 20.2. The van der Waals surface area contributed by atoms with Crippen molar-refractivity contribution in [1.82, 2.24) is 0 Å². The maximum absolute atomic E-state index is 13.1. The highest BCUT2D eigenvalue weighted by Gasteiger charge is 2.30. The van der Waals surface area contributed by atoms with Gasteiger partial charge in [0.15, 0.2) is 12.2 Å². The zero-order chi connectivity index (χ0) is 71.2. The minimum absolute atomic E-state index is 0.107. The van der Waals surface area contributed by atoms with Gasteiger partial charge in [-0.15, -0.1) is 0 Å². The summed E-state index contributed by atoms with van der Waals surface area (Å²) in [5.74, 6) is -1.31. The smallest absolute Gasteiger partial charge is 0.462 e. The van der Waals surface area contributed by atoms with E-state index in [1.165, 1.54) is 238 Å². The Morgan fingerprint density at radius 2 is 0.474 bits per heavy atom. The number of phosphoric ester groups is 2. The molecule has 0 saturated heterocycles. The average Bonchev–Trinajstić information content (AvgIpc) is 1.17. The Hall–Kier alpha value is -1.94. The van der Waals surface area contributed by atoms with E-state index in [1.54, 1.807) is 0 Å². The standard InChI is InChI=1S/C78H152O17P2/c1-6-9-12-15-18-21-24-25-26-27-28-29-30-31-36-39-44-49-54-59-64-78(83)95-74(68-89-76(81)62-57-52-47-43-38-35-33-32-34-37-40-45-50-55-60-71(4)5)70-93-97(86,87)91-66-72(79)65-90-96(84,85)92-69-73(94-77(82)63-58-53-48-42-23-20-17-14-11-8-3)67-88-75(80)61-56-51-46-41-22-19-16-13-10-7-2/h71-74,79H,6-70H2,1-5H3,(H,84,85)(H,86,87)/t72-,73+,74+/m0/s1. The van der Waals surface area contributed by atoms with Gasteiger partial charge in [0.25, 0.3) is 0 Å². The molecule has 19 heteroatoms.